The molecule has 0 aliphatic heterocycles. The van der Waals surface area contributed by atoms with Gasteiger partial charge in [-0.25, -0.2) is 4.39 Å². The molecule has 0 aliphatic carbocycles. The number of nitrogens with one attached hydrogen (secondary N) is 1. The van der Waals surface area contributed by atoms with Crippen molar-refractivity contribution in [3.8, 4) is 11.8 Å². The number of rotatable bonds is 5. The Labute approximate surface area is 165 Å². The van der Waals surface area contributed by atoms with Crippen LogP contribution in [0.4, 0.5) is 10.2 Å². The number of thioether (sulfide) groups is 1. The van der Waals surface area contributed by atoms with E-state index < -0.39 is 0 Å². The zero-order chi connectivity index (χ0) is 20.3. The van der Waals surface area contributed by atoms with E-state index >= 15 is 0 Å². The summed E-state index contributed by atoms with van der Waals surface area (Å²) in [6.45, 7) is 3.62. The molecular weight excluding hydrogens is 379 g/mol. The number of hydrogen-bond donors (Lipinski definition) is 1. The number of halogens is 1. The van der Waals surface area contributed by atoms with Gasteiger partial charge in [0.1, 0.15) is 17.7 Å². The van der Waals surface area contributed by atoms with E-state index in [0.29, 0.717) is 26.8 Å². The van der Waals surface area contributed by atoms with Crippen molar-refractivity contribution in [1.82, 2.24) is 4.57 Å². The van der Waals surface area contributed by atoms with E-state index in [4.69, 9.17) is 0 Å². The molecule has 3 rings (SSSR count). The molecule has 0 radical (unpaired) electrons. The maximum atomic E-state index is 13.3. The largest absolute Gasteiger partial charge is 0.618 e. The third-order valence-corrected chi connectivity index (χ3v) is 5.33. The van der Waals surface area contributed by atoms with Gasteiger partial charge in [-0.2, -0.15) is 9.99 Å². The number of nitriles is 1. The summed E-state index contributed by atoms with van der Waals surface area (Å²) in [5, 5.41) is 24.4. The minimum atomic E-state index is -0.374. The van der Waals surface area contributed by atoms with Gasteiger partial charge < -0.3 is 10.5 Å². The second-order valence-corrected chi connectivity index (χ2v) is 7.05. The number of aromatic nitrogens is 2. The molecule has 8 heteroatoms. The van der Waals surface area contributed by atoms with Gasteiger partial charge in [0.15, 0.2) is 6.20 Å². The lowest BCUT2D eigenvalue weighted by Crippen LogP contribution is -2.28. The zero-order valence-electron chi connectivity index (χ0n) is 15.3. The Kier molecular flexibility index (Phi) is 5.66. The molecule has 6 nitrogen and oxygen atoms in total. The van der Waals surface area contributed by atoms with Gasteiger partial charge in [0.2, 0.25) is 5.91 Å². The van der Waals surface area contributed by atoms with Gasteiger partial charge >= 0.3 is 0 Å². The first-order valence-electron chi connectivity index (χ1n) is 8.41. The number of amides is 1. The second-order valence-electron chi connectivity index (χ2n) is 6.06. The molecule has 0 fully saturated rings. The monoisotopic (exact) mass is 396 g/mol. The van der Waals surface area contributed by atoms with E-state index in [1.165, 1.54) is 18.3 Å². The number of hydrogen-bond acceptors (Lipinski definition) is 4. The molecule has 2 heterocycles. The molecule has 142 valence electrons. The van der Waals surface area contributed by atoms with Crippen LogP contribution in [0.25, 0.3) is 5.69 Å². The molecule has 0 bridgehead atoms. The fraction of sp³-hybridized carbons (Fsp3) is 0.150. The first kappa shape index (κ1) is 19.5. The molecule has 28 heavy (non-hydrogen) atoms. The summed E-state index contributed by atoms with van der Waals surface area (Å²) in [6.07, 6.45) is 1.36. The quantitative estimate of drug-likeness (QED) is 0.407. The molecule has 0 atom stereocenters. The zero-order valence-corrected chi connectivity index (χ0v) is 16.1. The van der Waals surface area contributed by atoms with E-state index in [0.717, 1.165) is 23.0 Å². The summed E-state index contributed by atoms with van der Waals surface area (Å²) in [5.74, 6) is -0.394. The number of anilines is 1. The standard InChI is InChI=1S/C20H17FN4O2S/c1-13-14(2)25(16-8-6-15(21)7-9-16)20(17(13)11-22)23-18(26)12-28-19-5-3-4-10-24(19)27/h3-10H,12H2,1-2H3,(H,23,26). The number of pyridine rings is 1. The average molecular weight is 396 g/mol. The van der Waals surface area contributed by atoms with Crippen LogP contribution in [0, 0.1) is 36.2 Å². The first-order chi connectivity index (χ1) is 13.4. The van der Waals surface area contributed by atoms with Crippen molar-refractivity contribution in [3.05, 3.63) is 76.5 Å². The van der Waals surface area contributed by atoms with Crippen LogP contribution < -0.4 is 10.0 Å². The van der Waals surface area contributed by atoms with Crippen LogP contribution in [0.2, 0.25) is 0 Å². The summed E-state index contributed by atoms with van der Waals surface area (Å²) in [6, 6.07) is 12.9. The topological polar surface area (TPSA) is 84.8 Å². The van der Waals surface area contributed by atoms with Crippen LogP contribution in [-0.4, -0.2) is 16.2 Å². The Bertz CT molecular complexity index is 1070. The molecule has 0 aliphatic rings. The van der Waals surface area contributed by atoms with Crippen molar-refractivity contribution in [1.29, 1.82) is 5.26 Å². The van der Waals surface area contributed by atoms with E-state index in [-0.39, 0.29) is 17.5 Å². The summed E-state index contributed by atoms with van der Waals surface area (Å²) < 4.78 is 15.7. The van der Waals surface area contributed by atoms with Crippen molar-refractivity contribution < 1.29 is 13.9 Å². The molecular formula is C20H17FN4O2S. The SMILES string of the molecule is Cc1c(C#N)c(NC(=O)CSc2cccc[n+]2[O-])n(-c2ccc(F)cc2)c1C. The van der Waals surface area contributed by atoms with Crippen LogP contribution >= 0.6 is 11.8 Å². The van der Waals surface area contributed by atoms with E-state index in [2.05, 4.69) is 11.4 Å². The number of carbonyl (C=O) groups is 1. The lowest BCUT2D eigenvalue weighted by molar-refractivity contribution is -0.645. The predicted octanol–water partition coefficient (Wildman–Crippen LogP) is 3.47. The molecule has 0 spiro atoms. The van der Waals surface area contributed by atoms with E-state index in [1.807, 2.05) is 6.92 Å². The molecule has 1 amide bonds. The molecule has 0 saturated carbocycles. The lowest BCUT2D eigenvalue weighted by atomic mass is 10.2. The summed E-state index contributed by atoms with van der Waals surface area (Å²) >= 11 is 1.10. The predicted molar refractivity (Wildman–Crippen MR) is 105 cm³/mol. The Balaban J connectivity index is 1.89. The Morgan fingerprint density at radius 3 is 2.64 bits per heavy atom. The van der Waals surface area contributed by atoms with E-state index in [1.54, 1.807) is 41.8 Å². The van der Waals surface area contributed by atoms with Crippen molar-refractivity contribution in [2.45, 2.75) is 18.9 Å². The maximum absolute atomic E-state index is 13.3. The summed E-state index contributed by atoms with van der Waals surface area (Å²) in [4.78, 5) is 12.5. The van der Waals surface area contributed by atoms with Crippen LogP contribution in [0.1, 0.15) is 16.8 Å². The fourth-order valence-corrected chi connectivity index (χ4v) is 3.52. The summed E-state index contributed by atoms with van der Waals surface area (Å²) in [5.41, 5.74) is 2.48. The minimum Gasteiger partial charge on any atom is -0.618 e. The Morgan fingerprint density at radius 2 is 2.00 bits per heavy atom. The third-order valence-electron chi connectivity index (χ3n) is 4.31. The van der Waals surface area contributed by atoms with Gasteiger partial charge in [-0.05, 0) is 61.5 Å². The molecule has 3 aromatic rings. The van der Waals surface area contributed by atoms with Gasteiger partial charge in [-0.3, -0.25) is 9.36 Å². The maximum Gasteiger partial charge on any atom is 0.251 e. The Morgan fingerprint density at radius 1 is 1.29 bits per heavy atom. The molecule has 1 aromatic carbocycles. The molecule has 0 unspecified atom stereocenters. The molecule has 0 saturated heterocycles. The first-order valence-corrected chi connectivity index (χ1v) is 9.39. The Hall–Kier alpha value is -3.31. The highest BCUT2D eigenvalue weighted by atomic mass is 32.2. The van der Waals surface area contributed by atoms with Gasteiger partial charge in [0, 0.05) is 23.5 Å². The molecule has 1 N–H and O–H groups in total. The second kappa shape index (κ2) is 8.15. The number of benzene rings is 1. The number of carbonyl (C=O) groups excluding carboxylic acids is 1. The van der Waals surface area contributed by atoms with E-state index in [9.17, 15) is 19.7 Å². The molecule has 2 aromatic heterocycles. The van der Waals surface area contributed by atoms with Gasteiger partial charge in [0.05, 0.1) is 11.3 Å². The normalized spacial score (nSPS) is 10.5. The van der Waals surface area contributed by atoms with Crippen LogP contribution in [-0.2, 0) is 4.79 Å². The van der Waals surface area contributed by atoms with Crippen molar-refractivity contribution >= 4 is 23.5 Å². The van der Waals surface area contributed by atoms with Gasteiger partial charge in [-0.1, -0.05) is 0 Å². The highest BCUT2D eigenvalue weighted by molar-refractivity contribution is 7.99. The third kappa shape index (κ3) is 3.85. The van der Waals surface area contributed by atoms with Gasteiger partial charge in [-0.15, -0.1) is 0 Å². The van der Waals surface area contributed by atoms with Crippen LogP contribution in [0.3, 0.4) is 0 Å². The van der Waals surface area contributed by atoms with Crippen molar-refractivity contribution in [2.24, 2.45) is 0 Å². The minimum absolute atomic E-state index is 0.00378. The highest BCUT2D eigenvalue weighted by Gasteiger charge is 2.21. The lowest BCUT2D eigenvalue weighted by Gasteiger charge is -2.13. The highest BCUT2D eigenvalue weighted by Crippen LogP contribution is 2.30. The van der Waals surface area contributed by atoms with Crippen LogP contribution in [0.5, 0.6) is 0 Å². The van der Waals surface area contributed by atoms with Crippen molar-refractivity contribution in [3.63, 3.8) is 0 Å². The van der Waals surface area contributed by atoms with Crippen molar-refractivity contribution in [2.75, 3.05) is 11.1 Å². The fourth-order valence-electron chi connectivity index (χ4n) is 2.81. The average Bonchev–Trinajstić information content (AvgIpc) is 2.91. The van der Waals surface area contributed by atoms with Crippen LogP contribution in [0.15, 0.2) is 53.7 Å². The van der Waals surface area contributed by atoms with Gasteiger partial charge in [0.25, 0.3) is 5.03 Å². The summed E-state index contributed by atoms with van der Waals surface area (Å²) in [7, 11) is 0. The smallest absolute Gasteiger partial charge is 0.251 e. The number of nitrogens with zero attached hydrogens (tertiary/aromatic N) is 3.